The highest BCUT2D eigenvalue weighted by atomic mass is 16.6. The number of nitrogens with zero attached hydrogens (tertiary/aromatic N) is 1. The Kier molecular flexibility index (Phi) is 5.75. The van der Waals surface area contributed by atoms with Crippen LogP contribution in [0.15, 0.2) is 18.2 Å². The SMILES string of the molecule is CC(=O)N1CCC(C(=O)NC(CC=N)c2ccc3c(c2)OCCO3)CC1. The van der Waals surface area contributed by atoms with E-state index in [-0.39, 0.29) is 23.8 Å². The van der Waals surface area contributed by atoms with Crippen molar-refractivity contribution in [3.8, 4) is 11.5 Å². The van der Waals surface area contributed by atoms with Crippen LogP contribution in [0.4, 0.5) is 0 Å². The highest BCUT2D eigenvalue weighted by molar-refractivity contribution is 5.80. The summed E-state index contributed by atoms with van der Waals surface area (Å²) < 4.78 is 11.2. The highest BCUT2D eigenvalue weighted by Gasteiger charge is 2.28. The number of carbonyl (C=O) groups excluding carboxylic acids is 2. The van der Waals surface area contributed by atoms with Gasteiger partial charge in [-0.05, 0) is 36.8 Å². The molecule has 2 aliphatic heterocycles. The van der Waals surface area contributed by atoms with Gasteiger partial charge in [-0.2, -0.15) is 0 Å². The second kappa shape index (κ2) is 8.21. The fourth-order valence-corrected chi connectivity index (χ4v) is 3.42. The third-order valence-corrected chi connectivity index (χ3v) is 4.95. The smallest absolute Gasteiger partial charge is 0.223 e. The topological polar surface area (TPSA) is 91.7 Å². The zero-order chi connectivity index (χ0) is 18.5. The van der Waals surface area contributed by atoms with E-state index in [0.29, 0.717) is 57.1 Å². The van der Waals surface area contributed by atoms with Crippen molar-refractivity contribution in [1.82, 2.24) is 10.2 Å². The Morgan fingerprint density at radius 2 is 1.96 bits per heavy atom. The molecular formula is C19H25N3O4. The molecule has 140 valence electrons. The maximum absolute atomic E-state index is 12.7. The van der Waals surface area contributed by atoms with Crippen molar-refractivity contribution in [2.45, 2.75) is 32.2 Å². The van der Waals surface area contributed by atoms with Crippen molar-refractivity contribution in [1.29, 1.82) is 5.41 Å². The van der Waals surface area contributed by atoms with Gasteiger partial charge in [-0.25, -0.2) is 0 Å². The lowest BCUT2D eigenvalue weighted by Crippen LogP contribution is -2.43. The number of amides is 2. The van der Waals surface area contributed by atoms with Crippen LogP contribution in [-0.4, -0.2) is 49.2 Å². The molecule has 0 bridgehead atoms. The first-order valence-corrected chi connectivity index (χ1v) is 9.03. The van der Waals surface area contributed by atoms with E-state index in [9.17, 15) is 9.59 Å². The standard InChI is InChI=1S/C19H25N3O4/c1-13(23)22-8-5-14(6-9-22)19(24)21-16(4-7-20)15-2-3-17-18(12-15)26-11-10-25-17/h2-3,7,12,14,16,20H,4-6,8-11H2,1H3,(H,21,24). The third kappa shape index (κ3) is 4.15. The molecule has 2 heterocycles. The number of nitrogens with one attached hydrogen (secondary N) is 2. The lowest BCUT2D eigenvalue weighted by Gasteiger charge is -2.31. The fraction of sp³-hybridized carbons (Fsp3) is 0.526. The van der Waals surface area contributed by atoms with Gasteiger partial charge in [0.05, 0.1) is 6.04 Å². The number of hydrogen-bond acceptors (Lipinski definition) is 5. The largest absolute Gasteiger partial charge is 0.486 e. The van der Waals surface area contributed by atoms with E-state index >= 15 is 0 Å². The number of likely N-dealkylation sites (tertiary alicyclic amines) is 1. The number of hydrogen-bond donors (Lipinski definition) is 2. The average Bonchev–Trinajstić information content (AvgIpc) is 2.67. The van der Waals surface area contributed by atoms with E-state index in [1.54, 1.807) is 11.8 Å². The lowest BCUT2D eigenvalue weighted by molar-refractivity contribution is -0.134. The molecule has 26 heavy (non-hydrogen) atoms. The zero-order valence-corrected chi connectivity index (χ0v) is 15.0. The Labute approximate surface area is 153 Å². The molecule has 1 aromatic carbocycles. The van der Waals surface area contributed by atoms with E-state index < -0.39 is 0 Å². The Hall–Kier alpha value is -2.57. The number of benzene rings is 1. The molecule has 1 unspecified atom stereocenters. The van der Waals surface area contributed by atoms with Crippen LogP contribution in [0.25, 0.3) is 0 Å². The van der Waals surface area contributed by atoms with Crippen molar-refractivity contribution in [2.75, 3.05) is 26.3 Å². The minimum Gasteiger partial charge on any atom is -0.486 e. The predicted molar refractivity (Wildman–Crippen MR) is 96.7 cm³/mol. The Morgan fingerprint density at radius 3 is 2.62 bits per heavy atom. The van der Waals surface area contributed by atoms with Crippen LogP contribution in [-0.2, 0) is 9.59 Å². The molecule has 1 atom stereocenters. The molecular weight excluding hydrogens is 334 g/mol. The second-order valence-corrected chi connectivity index (χ2v) is 6.68. The molecule has 1 saturated heterocycles. The molecule has 3 rings (SSSR count). The van der Waals surface area contributed by atoms with Crippen molar-refractivity contribution >= 4 is 18.0 Å². The summed E-state index contributed by atoms with van der Waals surface area (Å²) in [5.41, 5.74) is 0.896. The first kappa shape index (κ1) is 18.2. The van der Waals surface area contributed by atoms with Crippen LogP contribution in [0.3, 0.4) is 0 Å². The third-order valence-electron chi connectivity index (χ3n) is 4.95. The molecule has 0 aliphatic carbocycles. The molecule has 0 saturated carbocycles. The Balaban J connectivity index is 1.66. The molecule has 2 N–H and O–H groups in total. The zero-order valence-electron chi connectivity index (χ0n) is 15.0. The van der Waals surface area contributed by atoms with Crippen LogP contribution in [0.5, 0.6) is 11.5 Å². The van der Waals surface area contributed by atoms with Crippen LogP contribution in [0.1, 0.15) is 37.8 Å². The molecule has 2 aliphatic rings. The second-order valence-electron chi connectivity index (χ2n) is 6.68. The highest BCUT2D eigenvalue weighted by Crippen LogP contribution is 2.33. The van der Waals surface area contributed by atoms with Gasteiger partial charge in [0, 0.05) is 32.4 Å². The molecule has 0 aromatic heterocycles. The molecule has 0 radical (unpaired) electrons. The first-order valence-electron chi connectivity index (χ1n) is 9.03. The molecule has 2 amide bonds. The van der Waals surface area contributed by atoms with Crippen LogP contribution >= 0.6 is 0 Å². The van der Waals surface area contributed by atoms with Crippen molar-refractivity contribution < 1.29 is 19.1 Å². The summed E-state index contributed by atoms with van der Waals surface area (Å²) in [6, 6.07) is 5.35. The van der Waals surface area contributed by atoms with Gasteiger partial charge in [0.2, 0.25) is 11.8 Å². The average molecular weight is 359 g/mol. The minimum atomic E-state index is -0.276. The monoisotopic (exact) mass is 359 g/mol. The summed E-state index contributed by atoms with van der Waals surface area (Å²) in [6.07, 6.45) is 3.06. The van der Waals surface area contributed by atoms with Gasteiger partial charge in [0.1, 0.15) is 13.2 Å². The van der Waals surface area contributed by atoms with E-state index in [2.05, 4.69) is 5.32 Å². The van der Waals surface area contributed by atoms with E-state index in [4.69, 9.17) is 14.9 Å². The summed E-state index contributed by atoms with van der Waals surface area (Å²) >= 11 is 0. The van der Waals surface area contributed by atoms with Gasteiger partial charge < -0.3 is 25.1 Å². The maximum atomic E-state index is 12.7. The number of piperidine rings is 1. The van der Waals surface area contributed by atoms with Crippen LogP contribution < -0.4 is 14.8 Å². The van der Waals surface area contributed by atoms with Gasteiger partial charge in [0.15, 0.2) is 11.5 Å². The minimum absolute atomic E-state index is 0.0186. The fourth-order valence-electron chi connectivity index (χ4n) is 3.42. The first-order chi connectivity index (χ1) is 12.6. The predicted octanol–water partition coefficient (Wildman–Crippen LogP) is 1.91. The van der Waals surface area contributed by atoms with Gasteiger partial charge in [-0.1, -0.05) is 6.07 Å². The molecule has 1 fully saturated rings. The number of rotatable bonds is 5. The summed E-state index contributed by atoms with van der Waals surface area (Å²) in [5.74, 6) is 1.32. The van der Waals surface area contributed by atoms with E-state index in [0.717, 1.165) is 5.56 Å². The number of carbonyl (C=O) groups is 2. The van der Waals surface area contributed by atoms with Crippen LogP contribution in [0, 0.1) is 11.3 Å². The Bertz CT molecular complexity index is 683. The van der Waals surface area contributed by atoms with Crippen molar-refractivity contribution in [3.05, 3.63) is 23.8 Å². The summed E-state index contributed by atoms with van der Waals surface area (Å²) in [4.78, 5) is 25.9. The lowest BCUT2D eigenvalue weighted by atomic mass is 9.94. The summed E-state index contributed by atoms with van der Waals surface area (Å²) in [5, 5.41) is 10.5. The molecule has 0 spiro atoms. The number of ether oxygens (including phenoxy) is 2. The quantitative estimate of drug-likeness (QED) is 0.786. The molecule has 1 aromatic rings. The van der Waals surface area contributed by atoms with Gasteiger partial charge in [0.25, 0.3) is 0 Å². The van der Waals surface area contributed by atoms with Crippen molar-refractivity contribution in [3.63, 3.8) is 0 Å². The van der Waals surface area contributed by atoms with E-state index in [1.165, 1.54) is 6.21 Å². The van der Waals surface area contributed by atoms with E-state index in [1.807, 2.05) is 18.2 Å². The summed E-state index contributed by atoms with van der Waals surface area (Å²) in [6.45, 7) is 3.83. The van der Waals surface area contributed by atoms with Crippen molar-refractivity contribution in [2.24, 2.45) is 5.92 Å². The molecule has 7 heteroatoms. The van der Waals surface area contributed by atoms with Gasteiger partial charge in [-0.3, -0.25) is 9.59 Å². The Morgan fingerprint density at radius 1 is 1.27 bits per heavy atom. The van der Waals surface area contributed by atoms with Gasteiger partial charge in [-0.15, -0.1) is 0 Å². The normalized spacial score (nSPS) is 18.1. The molecule has 7 nitrogen and oxygen atoms in total. The van der Waals surface area contributed by atoms with Crippen LogP contribution in [0.2, 0.25) is 0 Å². The van der Waals surface area contributed by atoms with Gasteiger partial charge >= 0.3 is 0 Å². The number of fused-ring (bicyclic) bond motifs is 1. The summed E-state index contributed by atoms with van der Waals surface area (Å²) in [7, 11) is 0. The maximum Gasteiger partial charge on any atom is 0.223 e.